The number of nitro groups is 2. The molecule has 0 atom stereocenters. The van der Waals surface area contributed by atoms with Crippen molar-refractivity contribution < 1.29 is 24.6 Å². The molecule has 2 N–H and O–H groups in total. The van der Waals surface area contributed by atoms with Crippen molar-refractivity contribution in [1.29, 1.82) is 0 Å². The number of quaternary nitrogens is 1. The summed E-state index contributed by atoms with van der Waals surface area (Å²) in [5, 5.41) is 26.3. The lowest BCUT2D eigenvalue weighted by atomic mass is 9.66. The van der Waals surface area contributed by atoms with Gasteiger partial charge in [0.15, 0.2) is 0 Å². The lowest BCUT2D eigenvalue weighted by molar-refractivity contribution is -0.571. The molecule has 7 rings (SSSR count). The van der Waals surface area contributed by atoms with Crippen LogP contribution in [0.25, 0.3) is 0 Å². The third-order valence-corrected chi connectivity index (χ3v) is 13.5. The number of hydrogen-bond acceptors (Lipinski definition) is 7. The molecule has 2 aliphatic carbocycles. The van der Waals surface area contributed by atoms with Crippen molar-refractivity contribution in [2.45, 2.75) is 134 Å². The van der Waals surface area contributed by atoms with Gasteiger partial charge >= 0.3 is 0 Å². The van der Waals surface area contributed by atoms with Crippen LogP contribution >= 0.6 is 0 Å². The van der Waals surface area contributed by atoms with Gasteiger partial charge in [0, 0.05) is 71.1 Å². The molecular formula is C55H67N4O6+. The van der Waals surface area contributed by atoms with Crippen molar-refractivity contribution in [1.82, 2.24) is 0 Å². The number of fused-ring (bicyclic) bond motifs is 2. The van der Waals surface area contributed by atoms with E-state index in [1.54, 1.807) is 12.1 Å². The van der Waals surface area contributed by atoms with Gasteiger partial charge in [-0.2, -0.15) is 0 Å². The maximum atomic E-state index is 12.1. The molecule has 1 aliphatic heterocycles. The first kappa shape index (κ1) is 47.0. The summed E-state index contributed by atoms with van der Waals surface area (Å²) >= 11 is 0. The molecule has 65 heavy (non-hydrogen) atoms. The second kappa shape index (κ2) is 21.8. The van der Waals surface area contributed by atoms with E-state index >= 15 is 0 Å². The van der Waals surface area contributed by atoms with Crippen LogP contribution in [0.1, 0.15) is 121 Å². The van der Waals surface area contributed by atoms with E-state index in [0.29, 0.717) is 0 Å². The molecule has 0 amide bonds. The highest BCUT2D eigenvalue weighted by atomic mass is 16.6. The van der Waals surface area contributed by atoms with Gasteiger partial charge in [0.2, 0.25) is 0 Å². The Morgan fingerprint density at radius 2 is 1.18 bits per heavy atom. The predicted octanol–water partition coefficient (Wildman–Crippen LogP) is 12.6. The molecule has 1 spiro atoms. The first-order valence-electron chi connectivity index (χ1n) is 23.9. The number of non-ortho nitro benzene ring substituents is 2. The van der Waals surface area contributed by atoms with Gasteiger partial charge in [0.05, 0.1) is 28.6 Å². The van der Waals surface area contributed by atoms with Crippen LogP contribution in [0.3, 0.4) is 0 Å². The van der Waals surface area contributed by atoms with Crippen LogP contribution < -0.4 is 19.7 Å². The zero-order chi connectivity index (χ0) is 45.8. The van der Waals surface area contributed by atoms with Gasteiger partial charge in [0.25, 0.3) is 11.4 Å². The SMILES string of the molecule is CC(C)Oc1ccc(CC[NH2+]c2ccc([N+](=O)[O-])cc2C2(C/C=C/C=C/C=C/C=C3/N(CCc4ccc(OC(C)C)cc4)c4ccc([N+](=O)[O-])cc4C34CCCCC4)CCCCC2)cc1. The zero-order valence-electron chi connectivity index (χ0n) is 38.8. The number of benzene rings is 4. The Hall–Kier alpha value is -6.00. The van der Waals surface area contributed by atoms with Crippen LogP contribution in [0.2, 0.25) is 0 Å². The van der Waals surface area contributed by atoms with Crippen molar-refractivity contribution in [3.05, 3.63) is 176 Å². The Kier molecular flexibility index (Phi) is 15.7. The number of allylic oxidation sites excluding steroid dienone is 8. The van der Waals surface area contributed by atoms with E-state index in [0.717, 1.165) is 118 Å². The smallest absolute Gasteiger partial charge is 0.270 e. The minimum Gasteiger partial charge on any atom is -0.491 e. The van der Waals surface area contributed by atoms with Crippen LogP contribution in [0.15, 0.2) is 133 Å². The lowest BCUT2D eigenvalue weighted by Crippen LogP contribution is -2.79. The number of ether oxygens (including phenoxy) is 2. The molecular weight excluding hydrogens is 813 g/mol. The van der Waals surface area contributed by atoms with Crippen LogP contribution in [0.5, 0.6) is 11.5 Å². The highest BCUT2D eigenvalue weighted by Crippen LogP contribution is 2.56. The summed E-state index contributed by atoms with van der Waals surface area (Å²) in [7, 11) is 0. The van der Waals surface area contributed by atoms with Gasteiger partial charge < -0.3 is 19.7 Å². The molecule has 342 valence electrons. The summed E-state index contributed by atoms with van der Waals surface area (Å²) in [6.07, 6.45) is 28.3. The summed E-state index contributed by atoms with van der Waals surface area (Å²) in [5.41, 5.74) is 7.83. The van der Waals surface area contributed by atoms with Crippen molar-refractivity contribution in [2.75, 3.05) is 18.0 Å². The van der Waals surface area contributed by atoms with E-state index in [4.69, 9.17) is 9.47 Å². The second-order valence-electron chi connectivity index (χ2n) is 18.7. The van der Waals surface area contributed by atoms with E-state index in [2.05, 4.69) is 77.0 Å². The molecule has 4 aromatic rings. The summed E-state index contributed by atoms with van der Waals surface area (Å²) in [6, 6.07) is 27.5. The van der Waals surface area contributed by atoms with E-state index in [1.165, 1.54) is 29.7 Å². The number of anilines is 1. The number of hydrogen-bond donors (Lipinski definition) is 1. The first-order valence-corrected chi connectivity index (χ1v) is 23.9. The molecule has 10 nitrogen and oxygen atoms in total. The summed E-state index contributed by atoms with van der Waals surface area (Å²) in [6.45, 7) is 9.69. The quantitative estimate of drug-likeness (QED) is 0.0430. The topological polar surface area (TPSA) is 125 Å². The van der Waals surface area contributed by atoms with Crippen LogP contribution in [-0.2, 0) is 23.7 Å². The molecule has 2 fully saturated rings. The molecule has 1 heterocycles. The third-order valence-electron chi connectivity index (χ3n) is 13.5. The van der Waals surface area contributed by atoms with Crippen LogP contribution in [0, 0.1) is 20.2 Å². The third kappa shape index (κ3) is 11.6. The fourth-order valence-corrected chi connectivity index (χ4v) is 10.4. The average molecular weight is 880 g/mol. The monoisotopic (exact) mass is 880 g/mol. The average Bonchev–Trinajstić information content (AvgIpc) is 3.53. The minimum atomic E-state index is -0.272. The van der Waals surface area contributed by atoms with E-state index in [1.807, 2.05) is 76.2 Å². The van der Waals surface area contributed by atoms with Gasteiger partial charge in [-0.15, -0.1) is 0 Å². The van der Waals surface area contributed by atoms with Crippen molar-refractivity contribution >= 4 is 22.7 Å². The highest BCUT2D eigenvalue weighted by molar-refractivity contribution is 5.73. The Balaban J connectivity index is 1.08. The molecule has 0 saturated heterocycles. The molecule has 4 aromatic carbocycles. The maximum Gasteiger partial charge on any atom is 0.270 e. The number of nitro benzene ring substituents is 2. The number of nitrogens with two attached hydrogens (primary N) is 1. The summed E-state index contributed by atoms with van der Waals surface area (Å²) < 4.78 is 11.7. The predicted molar refractivity (Wildman–Crippen MR) is 261 cm³/mol. The standard InChI is InChI=1S/C55H66N4O6/c1-41(2)64-47-24-18-43(19-25-47)30-37-56-51-28-22-45(58(60)61)39-49(51)54(33-13-9-14-34-54)32-12-8-6-5-7-11-17-53-55(35-15-10-16-36-55)50-40-46(59(62)63)23-29-52(50)57(53)38-31-44-20-26-48(27-21-44)65-42(3)4/h5-8,11-12,17-29,39-42,56H,9-10,13-16,30-38H2,1-4H3/p+1/b6-5+,11-7+,12-8+,53-17+. The van der Waals surface area contributed by atoms with E-state index in [-0.39, 0.29) is 44.3 Å². The molecule has 0 bridgehead atoms. The highest BCUT2D eigenvalue weighted by Gasteiger charge is 2.48. The van der Waals surface area contributed by atoms with E-state index in [9.17, 15) is 20.2 Å². The van der Waals surface area contributed by atoms with Crippen LogP contribution in [-0.4, -0.2) is 35.1 Å². The first-order chi connectivity index (χ1) is 31.5. The minimum absolute atomic E-state index is 0.111. The van der Waals surface area contributed by atoms with Crippen molar-refractivity contribution in [2.24, 2.45) is 0 Å². The fourth-order valence-electron chi connectivity index (χ4n) is 10.4. The summed E-state index contributed by atoms with van der Waals surface area (Å²) in [4.78, 5) is 25.9. The Morgan fingerprint density at radius 1 is 0.646 bits per heavy atom. The molecule has 0 aromatic heterocycles. The Morgan fingerprint density at radius 3 is 1.78 bits per heavy atom. The molecule has 0 unspecified atom stereocenters. The molecule has 0 radical (unpaired) electrons. The Labute approximate surface area is 385 Å². The number of nitrogens with zero attached hydrogens (tertiary/aromatic N) is 3. The maximum absolute atomic E-state index is 12.1. The normalized spacial score (nSPS) is 17.6. The van der Waals surface area contributed by atoms with Crippen molar-refractivity contribution in [3.8, 4) is 11.5 Å². The van der Waals surface area contributed by atoms with Gasteiger partial charge in [-0.1, -0.05) is 99.2 Å². The zero-order valence-corrected chi connectivity index (χ0v) is 38.8. The summed E-state index contributed by atoms with van der Waals surface area (Å²) in [5.74, 6) is 1.73. The lowest BCUT2D eigenvalue weighted by Gasteiger charge is -2.37. The molecule has 3 aliphatic rings. The van der Waals surface area contributed by atoms with E-state index < -0.39 is 0 Å². The van der Waals surface area contributed by atoms with Crippen molar-refractivity contribution in [3.63, 3.8) is 0 Å². The number of rotatable bonds is 19. The molecule has 10 heteroatoms. The molecule has 2 saturated carbocycles. The Bertz CT molecular complexity index is 2370. The fraction of sp³-hybridized carbons (Fsp3) is 0.418. The largest absolute Gasteiger partial charge is 0.491 e. The second-order valence-corrected chi connectivity index (χ2v) is 18.7. The van der Waals surface area contributed by atoms with Crippen LogP contribution in [0.4, 0.5) is 22.7 Å². The van der Waals surface area contributed by atoms with Gasteiger partial charge in [-0.25, -0.2) is 0 Å². The van der Waals surface area contributed by atoms with Gasteiger partial charge in [-0.3, -0.25) is 20.2 Å². The van der Waals surface area contributed by atoms with Gasteiger partial charge in [0.1, 0.15) is 17.2 Å². The van der Waals surface area contributed by atoms with Gasteiger partial charge in [-0.05, 0) is 119 Å².